The summed E-state index contributed by atoms with van der Waals surface area (Å²) in [7, 11) is 2.05. The van der Waals surface area contributed by atoms with Crippen LogP contribution in [0.15, 0.2) is 197 Å². The van der Waals surface area contributed by atoms with Gasteiger partial charge in [0.1, 0.15) is 0 Å². The molecule has 9 nitrogen and oxygen atoms in total. The zero-order chi connectivity index (χ0) is 71.6. The molecule has 6 aromatic carbocycles. The number of hydrogen-bond donors (Lipinski definition) is 0. The van der Waals surface area contributed by atoms with Crippen LogP contribution < -0.4 is 0 Å². The van der Waals surface area contributed by atoms with Crippen LogP contribution in [0.25, 0.3) is 0 Å². The maximum Gasteiger partial charge on any atom is 0.232 e. The van der Waals surface area contributed by atoms with E-state index in [1.807, 2.05) is 300 Å². The minimum atomic E-state index is -3.00. The summed E-state index contributed by atoms with van der Waals surface area (Å²) in [5.74, 6) is 0.710. The minimum Gasteiger partial charge on any atom is -0.342 e. The zero-order valence-corrected chi connectivity index (χ0v) is 66.7. The first-order valence-corrected chi connectivity index (χ1v) is 39.3. The third-order valence-corrected chi connectivity index (χ3v) is 18.7. The summed E-state index contributed by atoms with van der Waals surface area (Å²) in [5.41, 5.74) is 2.00. The maximum absolute atomic E-state index is 12.7. The largest absolute Gasteiger partial charge is 0.342 e. The summed E-state index contributed by atoms with van der Waals surface area (Å²) in [4.78, 5) is 46.5. The molecule has 0 saturated heterocycles. The Morgan fingerprint density at radius 1 is 0.385 bits per heavy atom. The SMILES string of the molecule is CC.CC.CC.CC.CC.CC.CN(C(=O)C(C)(C)c1ccccc1)C1CCCC1.CN(C(=O)C(C)(C)c1ccccc1)C1CCCC1.CN(C(=O)C(C)(C)c1ccccc1)C1CCCC1.CS(=O)(=O)c1ccccc1.CS(=O)c1ccccc1.CSc1ccccc1.[B].[B].[B]. The number of amides is 3. The van der Waals surface area contributed by atoms with Gasteiger partial charge in [-0.05, 0) is 139 Å². The number of likely N-dealkylation sites (N-methyl/N-ethyl adjacent to an activating group) is 3. The minimum absolute atomic E-state index is 0. The predicted octanol–water partition coefficient (Wildman–Crippen LogP) is 20.0. The molecule has 0 spiro atoms. The standard InChI is InChI=1S/3C16H23NO.C7H8O2S.C7H8OS.C7H8S.6C2H6.3B/c3*1-16(2,13-9-5-4-6-10-13)15(18)17(3)14-11-7-8-12-14;1-10(8,9)7-5-3-2-4-6-7;1-9(8)7-5-3-2-4-6-7;1-8-7-5-3-2-4-6-7;6*1-2;;;/h3*4-6,9-10,14H,7-8,11-12H2,1-3H3;2-6H,1H3;2-6H,1H3;2-6H,1H3;6*1-2H3;;;. The normalized spacial score (nSPS) is 13.0. The number of nitrogens with zero attached hydrogens (tertiary/aromatic N) is 3. The molecule has 531 valence electrons. The molecule has 3 fully saturated rings. The predicted molar refractivity (Wildman–Crippen MR) is 425 cm³/mol. The van der Waals surface area contributed by atoms with Crippen LogP contribution in [-0.4, -0.2) is 128 Å². The van der Waals surface area contributed by atoms with E-state index in [2.05, 4.69) is 18.4 Å². The highest BCUT2D eigenvalue weighted by molar-refractivity contribution is 7.98. The third-order valence-electron chi connectivity index (χ3n) is 15.9. The number of hydrogen-bond acceptors (Lipinski definition) is 7. The monoisotopic (exact) mass is 1370 g/mol. The fourth-order valence-corrected chi connectivity index (χ4v) is 12.1. The smallest absolute Gasteiger partial charge is 0.232 e. The van der Waals surface area contributed by atoms with Gasteiger partial charge in [-0.3, -0.25) is 18.6 Å². The Kier molecular flexibility index (Phi) is 61.6. The molecule has 0 aliphatic heterocycles. The van der Waals surface area contributed by atoms with Crippen LogP contribution in [0.3, 0.4) is 0 Å². The lowest BCUT2D eigenvalue weighted by Gasteiger charge is -2.33. The van der Waals surface area contributed by atoms with Crippen molar-refractivity contribution in [1.82, 2.24) is 14.7 Å². The first-order valence-electron chi connectivity index (χ1n) is 34.7. The molecule has 0 aromatic heterocycles. The Hall–Kier alpha value is -5.63. The Balaban J connectivity index is -0.000000249. The molecule has 3 aliphatic rings. The average molecular weight is 1370 g/mol. The first kappa shape index (κ1) is 101. The van der Waals surface area contributed by atoms with E-state index < -0.39 is 36.9 Å². The lowest BCUT2D eigenvalue weighted by molar-refractivity contribution is -0.137. The van der Waals surface area contributed by atoms with Crippen molar-refractivity contribution in [2.24, 2.45) is 0 Å². The van der Waals surface area contributed by atoms with E-state index in [4.69, 9.17) is 0 Å². The molecule has 0 bridgehead atoms. The van der Waals surface area contributed by atoms with Gasteiger partial charge in [-0.25, -0.2) is 8.42 Å². The lowest BCUT2D eigenvalue weighted by atomic mass is 9.83. The summed E-state index contributed by atoms with van der Waals surface area (Å²) in [6.07, 6.45) is 19.5. The molecule has 3 saturated carbocycles. The number of benzene rings is 6. The van der Waals surface area contributed by atoms with Gasteiger partial charge in [0.2, 0.25) is 17.7 Å². The molecule has 15 heteroatoms. The summed E-state index contributed by atoms with van der Waals surface area (Å²) in [5, 5.41) is 0. The molecule has 1 unspecified atom stereocenters. The Labute approximate surface area is 602 Å². The van der Waals surface area contributed by atoms with Gasteiger partial charge in [0.15, 0.2) is 9.84 Å². The van der Waals surface area contributed by atoms with Crippen LogP contribution in [0.1, 0.15) is 218 Å². The van der Waals surface area contributed by atoms with Gasteiger partial charge in [0, 0.05) is 97.6 Å². The molecular formula is C81H129B3N3O6S3. The lowest BCUT2D eigenvalue weighted by Crippen LogP contribution is -2.45. The number of carbonyl (C=O) groups is 3. The van der Waals surface area contributed by atoms with Gasteiger partial charge in [0.25, 0.3) is 0 Å². The van der Waals surface area contributed by atoms with Gasteiger partial charge in [-0.1, -0.05) is 267 Å². The molecule has 6 aromatic rings. The van der Waals surface area contributed by atoms with Crippen molar-refractivity contribution in [2.45, 2.75) is 251 Å². The van der Waals surface area contributed by atoms with Crippen molar-refractivity contribution in [3.63, 3.8) is 0 Å². The van der Waals surface area contributed by atoms with Gasteiger partial charge in [0.05, 0.1) is 21.1 Å². The van der Waals surface area contributed by atoms with Crippen molar-refractivity contribution >= 4 is 75.4 Å². The van der Waals surface area contributed by atoms with Crippen molar-refractivity contribution in [3.05, 3.63) is 199 Å². The van der Waals surface area contributed by atoms with E-state index in [1.165, 1.54) is 49.7 Å². The number of sulfone groups is 1. The second kappa shape index (κ2) is 58.3. The summed E-state index contributed by atoms with van der Waals surface area (Å²) < 4.78 is 32.4. The van der Waals surface area contributed by atoms with Crippen LogP contribution in [-0.2, 0) is 51.3 Å². The Morgan fingerprint density at radius 3 is 0.750 bits per heavy atom. The molecule has 96 heavy (non-hydrogen) atoms. The fraction of sp³-hybridized carbons (Fsp3) is 0.519. The summed E-state index contributed by atoms with van der Waals surface area (Å²) >= 11 is 1.77. The van der Waals surface area contributed by atoms with Crippen molar-refractivity contribution < 1.29 is 27.0 Å². The highest BCUT2D eigenvalue weighted by Gasteiger charge is 2.38. The molecule has 3 amide bonds. The summed E-state index contributed by atoms with van der Waals surface area (Å²) in [6.45, 7) is 36.1. The topological polar surface area (TPSA) is 112 Å². The molecular weight excluding hydrogens is 1240 g/mol. The second-order valence-corrected chi connectivity index (χ2v) is 27.2. The third kappa shape index (κ3) is 36.8. The van der Waals surface area contributed by atoms with Crippen LogP contribution in [0, 0.1) is 0 Å². The van der Waals surface area contributed by atoms with E-state index in [1.54, 1.807) is 48.3 Å². The first-order chi connectivity index (χ1) is 44.4. The number of thioether (sulfide) groups is 1. The molecule has 9 radical (unpaired) electrons. The van der Waals surface area contributed by atoms with Gasteiger partial charge in [-0.2, -0.15) is 0 Å². The van der Waals surface area contributed by atoms with Gasteiger partial charge < -0.3 is 14.7 Å². The van der Waals surface area contributed by atoms with Crippen LogP contribution >= 0.6 is 11.8 Å². The highest BCUT2D eigenvalue weighted by atomic mass is 32.2. The Bertz CT molecular complexity index is 2720. The molecule has 9 rings (SSSR count). The van der Waals surface area contributed by atoms with E-state index in [0.717, 1.165) is 60.1 Å². The van der Waals surface area contributed by atoms with Crippen LogP contribution in [0.4, 0.5) is 0 Å². The number of carbonyl (C=O) groups excluding carboxylic acids is 3. The zero-order valence-electron chi connectivity index (χ0n) is 64.3. The summed E-state index contributed by atoms with van der Waals surface area (Å²) in [6, 6.07) is 59.6. The van der Waals surface area contributed by atoms with E-state index in [9.17, 15) is 27.0 Å². The molecule has 3 aliphatic carbocycles. The highest BCUT2D eigenvalue weighted by Crippen LogP contribution is 2.33. The molecule has 0 heterocycles. The van der Waals surface area contributed by atoms with E-state index >= 15 is 0 Å². The van der Waals surface area contributed by atoms with E-state index in [-0.39, 0.29) is 43.0 Å². The van der Waals surface area contributed by atoms with Crippen molar-refractivity contribution in [2.75, 3.05) is 39.9 Å². The fourth-order valence-electron chi connectivity index (χ4n) is 10.5. The second-order valence-electron chi connectivity index (χ2n) is 22.9. The van der Waals surface area contributed by atoms with Crippen LogP contribution in [0.2, 0.25) is 0 Å². The van der Waals surface area contributed by atoms with Gasteiger partial charge >= 0.3 is 0 Å². The maximum atomic E-state index is 12.7. The van der Waals surface area contributed by atoms with Crippen molar-refractivity contribution in [1.29, 1.82) is 0 Å². The quantitative estimate of drug-likeness (QED) is 0.0886. The van der Waals surface area contributed by atoms with Crippen molar-refractivity contribution in [3.8, 4) is 0 Å². The number of rotatable bonds is 12. The van der Waals surface area contributed by atoms with Crippen LogP contribution in [0.5, 0.6) is 0 Å². The molecule has 0 N–H and O–H groups in total. The van der Waals surface area contributed by atoms with E-state index in [0.29, 0.717) is 23.0 Å². The van der Waals surface area contributed by atoms with Gasteiger partial charge in [-0.15, -0.1) is 11.8 Å². The average Bonchev–Trinajstić information content (AvgIpc) is 1.15. The Morgan fingerprint density at radius 2 is 0.583 bits per heavy atom. The molecule has 1 atom stereocenters.